The lowest BCUT2D eigenvalue weighted by Crippen LogP contribution is -2.40. The van der Waals surface area contributed by atoms with Crippen molar-refractivity contribution in [1.29, 1.82) is 0 Å². The molecule has 0 saturated carbocycles. The average Bonchev–Trinajstić information content (AvgIpc) is 3.44. The number of para-hydroxylation sites is 1. The van der Waals surface area contributed by atoms with E-state index in [1.165, 1.54) is 11.3 Å². The first-order valence-corrected chi connectivity index (χ1v) is 12.8. The topological polar surface area (TPSA) is 94.9 Å². The zero-order chi connectivity index (χ0) is 26.1. The molecule has 0 bridgehead atoms. The summed E-state index contributed by atoms with van der Waals surface area (Å²) in [4.78, 5) is 35.4. The normalized spacial score (nSPS) is 15.5. The van der Waals surface area contributed by atoms with Crippen molar-refractivity contribution in [3.05, 3.63) is 90.7 Å². The van der Waals surface area contributed by atoms with Crippen LogP contribution >= 0.6 is 11.3 Å². The molecule has 37 heavy (non-hydrogen) atoms. The van der Waals surface area contributed by atoms with E-state index in [2.05, 4.69) is 9.98 Å². The van der Waals surface area contributed by atoms with Gasteiger partial charge in [0.05, 0.1) is 42.2 Å². The second-order valence-electron chi connectivity index (χ2n) is 8.44. The first-order valence-electron chi connectivity index (χ1n) is 12.0. The standard InChI is InChI=1S/C28H27N3O5S/c1-5-35-22-13-17(11-12-21(22)34-4)25-24(27(33)36-6-2)16(3)30-28-31(25)26(32)23(37-28)14-18-15-29-20-10-8-7-9-19(18)20/h7-15,25,29H,5-6H2,1-4H3/b23-14+. The molecule has 0 radical (unpaired) electrons. The lowest BCUT2D eigenvalue weighted by atomic mass is 9.95. The summed E-state index contributed by atoms with van der Waals surface area (Å²) in [5.74, 6) is 0.588. The number of methoxy groups -OCH3 is 1. The average molecular weight is 518 g/mol. The van der Waals surface area contributed by atoms with Crippen molar-refractivity contribution in [2.24, 2.45) is 4.99 Å². The van der Waals surface area contributed by atoms with Crippen LogP contribution in [0.5, 0.6) is 11.5 Å². The predicted octanol–water partition coefficient (Wildman–Crippen LogP) is 3.69. The Labute approximate surface area is 217 Å². The fraction of sp³-hybridized carbons (Fsp3) is 0.250. The Bertz CT molecular complexity index is 1710. The van der Waals surface area contributed by atoms with Crippen LogP contribution in [0.25, 0.3) is 17.0 Å². The molecule has 0 aliphatic carbocycles. The van der Waals surface area contributed by atoms with Crippen LogP contribution in [0, 0.1) is 0 Å². The van der Waals surface area contributed by atoms with E-state index in [-0.39, 0.29) is 12.2 Å². The van der Waals surface area contributed by atoms with Gasteiger partial charge in [-0.15, -0.1) is 0 Å². The second kappa shape index (κ2) is 10.1. The number of esters is 1. The Morgan fingerprint density at radius 1 is 1.16 bits per heavy atom. The SMILES string of the molecule is CCOC(=O)C1=C(C)N=c2s/c(=C/c3c[nH]c4ccccc34)c(=O)n2C1c1ccc(OC)c(OCC)c1. The molecular weight excluding hydrogens is 490 g/mol. The number of nitrogens with one attached hydrogen (secondary N) is 1. The number of aromatic amines is 1. The minimum atomic E-state index is -0.731. The van der Waals surface area contributed by atoms with Crippen LogP contribution in [-0.2, 0) is 9.53 Å². The van der Waals surface area contributed by atoms with Crippen molar-refractivity contribution < 1.29 is 19.0 Å². The summed E-state index contributed by atoms with van der Waals surface area (Å²) >= 11 is 1.29. The number of carbonyl (C=O) groups is 1. The van der Waals surface area contributed by atoms with Gasteiger partial charge in [0, 0.05) is 22.7 Å². The maximum absolute atomic E-state index is 13.9. The van der Waals surface area contributed by atoms with Gasteiger partial charge in [-0.25, -0.2) is 9.79 Å². The molecule has 9 heteroatoms. The molecule has 1 aliphatic heterocycles. The smallest absolute Gasteiger partial charge is 0.338 e. The third-order valence-corrected chi connectivity index (χ3v) is 7.21. The van der Waals surface area contributed by atoms with E-state index >= 15 is 0 Å². The summed E-state index contributed by atoms with van der Waals surface area (Å²) in [6.07, 6.45) is 3.75. The molecule has 2 aromatic carbocycles. The molecule has 0 amide bonds. The van der Waals surface area contributed by atoms with Crippen molar-refractivity contribution in [3.8, 4) is 11.5 Å². The molecule has 3 heterocycles. The summed E-state index contributed by atoms with van der Waals surface area (Å²) in [5.41, 5.74) is 3.18. The van der Waals surface area contributed by atoms with Crippen LogP contribution in [0.3, 0.4) is 0 Å². The number of thiazole rings is 1. The number of hydrogen-bond donors (Lipinski definition) is 1. The molecule has 5 rings (SSSR count). The molecule has 0 saturated heterocycles. The summed E-state index contributed by atoms with van der Waals surface area (Å²) in [6, 6.07) is 12.6. The molecule has 1 unspecified atom stereocenters. The number of hydrogen-bond acceptors (Lipinski definition) is 7. The quantitative estimate of drug-likeness (QED) is 0.378. The Hall–Kier alpha value is -4.11. The zero-order valence-electron chi connectivity index (χ0n) is 21.0. The van der Waals surface area contributed by atoms with E-state index in [0.29, 0.717) is 44.3 Å². The molecule has 1 aliphatic rings. The second-order valence-corrected chi connectivity index (χ2v) is 9.44. The van der Waals surface area contributed by atoms with E-state index in [4.69, 9.17) is 14.2 Å². The lowest BCUT2D eigenvalue weighted by molar-refractivity contribution is -0.139. The molecule has 0 spiro atoms. The van der Waals surface area contributed by atoms with Crippen molar-refractivity contribution in [1.82, 2.24) is 9.55 Å². The number of H-pyrrole nitrogens is 1. The van der Waals surface area contributed by atoms with Gasteiger partial charge in [-0.3, -0.25) is 9.36 Å². The van der Waals surface area contributed by atoms with Gasteiger partial charge >= 0.3 is 5.97 Å². The monoisotopic (exact) mass is 517 g/mol. The molecular formula is C28H27N3O5S. The predicted molar refractivity (Wildman–Crippen MR) is 143 cm³/mol. The Kier molecular flexibility index (Phi) is 6.71. The minimum absolute atomic E-state index is 0.208. The molecule has 0 fully saturated rings. The van der Waals surface area contributed by atoms with Crippen LogP contribution in [-0.4, -0.2) is 35.8 Å². The highest BCUT2D eigenvalue weighted by molar-refractivity contribution is 7.07. The van der Waals surface area contributed by atoms with Gasteiger partial charge in [-0.2, -0.15) is 0 Å². The number of aromatic nitrogens is 2. The first-order chi connectivity index (χ1) is 18.0. The van der Waals surface area contributed by atoms with Crippen LogP contribution in [0.2, 0.25) is 0 Å². The maximum Gasteiger partial charge on any atom is 0.338 e. The van der Waals surface area contributed by atoms with Gasteiger partial charge < -0.3 is 19.2 Å². The summed E-state index contributed by atoms with van der Waals surface area (Å²) in [5, 5.41) is 1.02. The zero-order valence-corrected chi connectivity index (χ0v) is 21.8. The molecule has 190 valence electrons. The van der Waals surface area contributed by atoms with Crippen molar-refractivity contribution >= 4 is 34.3 Å². The van der Waals surface area contributed by atoms with Gasteiger partial charge in [0.25, 0.3) is 5.56 Å². The van der Waals surface area contributed by atoms with Gasteiger partial charge in [0.15, 0.2) is 16.3 Å². The summed E-state index contributed by atoms with van der Waals surface area (Å²) in [7, 11) is 1.57. The van der Waals surface area contributed by atoms with Crippen LogP contribution in [0.1, 0.15) is 37.9 Å². The first kappa shape index (κ1) is 24.6. The number of fused-ring (bicyclic) bond motifs is 2. The highest BCUT2D eigenvalue weighted by Crippen LogP contribution is 2.36. The van der Waals surface area contributed by atoms with Crippen molar-refractivity contribution in [3.63, 3.8) is 0 Å². The van der Waals surface area contributed by atoms with E-state index in [1.807, 2.05) is 55.6 Å². The number of carbonyl (C=O) groups excluding carboxylic acids is 1. The third-order valence-electron chi connectivity index (χ3n) is 6.23. The van der Waals surface area contributed by atoms with E-state index in [0.717, 1.165) is 16.5 Å². The Morgan fingerprint density at radius 3 is 2.73 bits per heavy atom. The van der Waals surface area contributed by atoms with Crippen LogP contribution in [0.15, 0.2) is 69.7 Å². The lowest BCUT2D eigenvalue weighted by Gasteiger charge is -2.25. The fourth-order valence-corrected chi connectivity index (χ4v) is 5.63. The summed E-state index contributed by atoms with van der Waals surface area (Å²) < 4.78 is 18.7. The molecule has 2 aromatic heterocycles. The van der Waals surface area contributed by atoms with Crippen LogP contribution < -0.4 is 24.4 Å². The van der Waals surface area contributed by atoms with E-state index < -0.39 is 12.0 Å². The number of allylic oxidation sites excluding steroid dienone is 1. The van der Waals surface area contributed by atoms with Gasteiger partial charge in [0.2, 0.25) is 0 Å². The molecule has 1 N–H and O–H groups in total. The van der Waals surface area contributed by atoms with Gasteiger partial charge in [-0.05, 0) is 50.6 Å². The molecule has 8 nitrogen and oxygen atoms in total. The minimum Gasteiger partial charge on any atom is -0.493 e. The molecule has 1 atom stereocenters. The largest absolute Gasteiger partial charge is 0.493 e. The number of ether oxygens (including phenoxy) is 3. The van der Waals surface area contributed by atoms with E-state index in [1.54, 1.807) is 31.6 Å². The van der Waals surface area contributed by atoms with E-state index in [9.17, 15) is 9.59 Å². The van der Waals surface area contributed by atoms with Gasteiger partial charge in [-0.1, -0.05) is 35.6 Å². The Balaban J connectivity index is 1.74. The Morgan fingerprint density at radius 2 is 1.97 bits per heavy atom. The summed E-state index contributed by atoms with van der Waals surface area (Å²) in [6.45, 7) is 6.05. The maximum atomic E-state index is 13.9. The highest BCUT2D eigenvalue weighted by atomic mass is 32.1. The number of rotatable bonds is 7. The third kappa shape index (κ3) is 4.35. The molecule has 4 aromatic rings. The number of nitrogens with zero attached hydrogens (tertiary/aromatic N) is 2. The number of benzene rings is 2. The van der Waals surface area contributed by atoms with Crippen LogP contribution in [0.4, 0.5) is 0 Å². The van der Waals surface area contributed by atoms with Gasteiger partial charge in [0.1, 0.15) is 0 Å². The highest BCUT2D eigenvalue weighted by Gasteiger charge is 2.34. The van der Waals surface area contributed by atoms with Crippen molar-refractivity contribution in [2.75, 3.05) is 20.3 Å². The van der Waals surface area contributed by atoms with Crippen molar-refractivity contribution in [2.45, 2.75) is 26.8 Å². The fourth-order valence-electron chi connectivity index (χ4n) is 4.59.